The maximum Gasteiger partial charge on any atom is 0.412 e. The Hall–Kier alpha value is -4.91. The van der Waals surface area contributed by atoms with Crippen LogP contribution in [-0.2, 0) is 20.9 Å². The van der Waals surface area contributed by atoms with E-state index < -0.39 is 29.9 Å². The van der Waals surface area contributed by atoms with Crippen molar-refractivity contribution in [2.45, 2.75) is 218 Å². The fourth-order valence-electron chi connectivity index (χ4n) is 12.5. The van der Waals surface area contributed by atoms with Gasteiger partial charge in [0, 0.05) is 37.7 Å². The van der Waals surface area contributed by atoms with Gasteiger partial charge in [-0.3, -0.25) is 4.90 Å². The molecule has 0 bridgehead atoms. The van der Waals surface area contributed by atoms with Crippen molar-refractivity contribution in [3.63, 3.8) is 0 Å². The number of ether oxygens (including phenoxy) is 4. The first-order chi connectivity index (χ1) is 38.3. The molecule has 2 amide bonds. The molecular weight excluding hydrogens is 979 g/mol. The number of aliphatic hydroxyl groups is 2. The Balaban J connectivity index is 1.37. The number of amides is 2. The molecule has 3 aromatic carbocycles. The second-order valence-electron chi connectivity index (χ2n) is 22.3. The van der Waals surface area contributed by atoms with Crippen LogP contribution in [0.15, 0.2) is 90.1 Å². The van der Waals surface area contributed by atoms with Crippen LogP contribution in [0, 0.1) is 17.8 Å². The summed E-state index contributed by atoms with van der Waals surface area (Å²) in [4.78, 5) is 36.7. The van der Waals surface area contributed by atoms with Gasteiger partial charge in [-0.1, -0.05) is 202 Å². The molecule has 0 spiro atoms. The molecule has 1 heterocycles. The molecule has 2 aliphatic carbocycles. The van der Waals surface area contributed by atoms with Gasteiger partial charge < -0.3 is 39.3 Å². The highest BCUT2D eigenvalue weighted by Crippen LogP contribution is 2.62. The minimum absolute atomic E-state index is 0.000619. The van der Waals surface area contributed by atoms with Crippen LogP contribution in [0.25, 0.3) is 10.8 Å². The van der Waals surface area contributed by atoms with E-state index in [4.69, 9.17) is 28.9 Å². The van der Waals surface area contributed by atoms with Gasteiger partial charge in [0.25, 0.3) is 0 Å². The predicted octanol–water partition coefficient (Wildman–Crippen LogP) is 16.1. The zero-order valence-electron chi connectivity index (χ0n) is 48.2. The Bertz CT molecular complexity index is 2290. The summed E-state index contributed by atoms with van der Waals surface area (Å²) in [5.41, 5.74) is 3.50. The highest BCUT2D eigenvalue weighted by molar-refractivity contribution is 6.03. The largest absolute Gasteiger partial charge is 0.459 e. The molecule has 1 aliphatic heterocycles. The number of nitrogens with zero attached hydrogens (tertiary/aromatic N) is 2. The lowest BCUT2D eigenvalue weighted by Gasteiger charge is -2.59. The number of aliphatic hydroxyl groups excluding tert-OH is 2. The number of carbonyl (C=O) groups is 2. The molecule has 3 N–H and O–H groups in total. The lowest BCUT2D eigenvalue weighted by molar-refractivity contribution is -0.256. The molecule has 78 heavy (non-hydrogen) atoms. The number of hydrogen-bond donors (Lipinski definition) is 3. The minimum atomic E-state index is -1.48. The quantitative estimate of drug-likeness (QED) is 0.0288. The molecule has 0 saturated heterocycles. The Morgan fingerprint density at radius 3 is 2.08 bits per heavy atom. The van der Waals surface area contributed by atoms with Crippen molar-refractivity contribution in [3.8, 4) is 11.5 Å². The number of hydrogen-bond acceptors (Lipinski definition) is 10. The molecule has 12 heteroatoms. The van der Waals surface area contributed by atoms with Crippen molar-refractivity contribution in [2.75, 3.05) is 39.6 Å². The van der Waals surface area contributed by atoms with Crippen LogP contribution in [0.2, 0.25) is 0 Å². The van der Waals surface area contributed by atoms with Gasteiger partial charge >= 0.3 is 12.2 Å². The van der Waals surface area contributed by atoms with E-state index >= 15 is 4.79 Å². The number of unbranched alkanes of at least 4 members (excludes halogenated alkanes) is 20. The minimum Gasteiger partial charge on any atom is -0.459 e. The second kappa shape index (κ2) is 35.0. The first kappa shape index (κ1) is 62.3. The van der Waals surface area contributed by atoms with Crippen LogP contribution in [0.1, 0.15) is 211 Å². The topological polar surface area (TPSA) is 148 Å². The summed E-state index contributed by atoms with van der Waals surface area (Å²) in [7, 11) is 0. The summed E-state index contributed by atoms with van der Waals surface area (Å²) >= 11 is 0. The van der Waals surface area contributed by atoms with Crippen LogP contribution in [0.4, 0.5) is 9.59 Å². The fourth-order valence-corrected chi connectivity index (χ4v) is 12.5. The molecule has 432 valence electrons. The summed E-state index contributed by atoms with van der Waals surface area (Å²) in [5, 5.41) is 30.2. The molecule has 3 aromatic rings. The number of carbonyl (C=O) groups excluding carboxylic acids is 2. The second-order valence-corrected chi connectivity index (χ2v) is 22.3. The van der Waals surface area contributed by atoms with Gasteiger partial charge in [-0.2, -0.15) is 0 Å². The van der Waals surface area contributed by atoms with Gasteiger partial charge in [0.15, 0.2) is 0 Å². The average Bonchev–Trinajstić information content (AvgIpc) is 3.46. The van der Waals surface area contributed by atoms with Crippen LogP contribution in [0.3, 0.4) is 0 Å². The number of nitrogens with one attached hydrogen (secondary N) is 1. The third kappa shape index (κ3) is 18.1. The molecule has 12 nitrogen and oxygen atoms in total. The molecule has 1 fully saturated rings. The summed E-state index contributed by atoms with van der Waals surface area (Å²) < 4.78 is 27.3. The smallest absolute Gasteiger partial charge is 0.412 e. The normalized spacial score (nSPS) is 20.8. The maximum absolute atomic E-state index is 15.3. The van der Waals surface area contributed by atoms with E-state index in [1.807, 2.05) is 42.2 Å². The van der Waals surface area contributed by atoms with Crippen molar-refractivity contribution in [1.29, 1.82) is 0 Å². The Kier molecular flexibility index (Phi) is 27.9. The predicted molar refractivity (Wildman–Crippen MR) is 315 cm³/mol. The summed E-state index contributed by atoms with van der Waals surface area (Å²) in [6.45, 7) is 12.2. The maximum atomic E-state index is 15.3. The van der Waals surface area contributed by atoms with E-state index in [1.165, 1.54) is 89.9 Å². The third-order valence-electron chi connectivity index (χ3n) is 16.5. The van der Waals surface area contributed by atoms with Gasteiger partial charge in [0.2, 0.25) is 5.79 Å². The number of oxime groups is 1. The van der Waals surface area contributed by atoms with E-state index in [2.05, 4.69) is 56.1 Å². The lowest BCUT2D eigenvalue weighted by atomic mass is 9.55. The Morgan fingerprint density at radius 2 is 1.41 bits per heavy atom. The number of fused-ring (bicyclic) bond motifs is 3. The van der Waals surface area contributed by atoms with Gasteiger partial charge in [-0.05, 0) is 97.4 Å². The SMILES string of the molecule is C=CCOC12Oc3ccc(OC(=O)NCCCCCCCCCCCC)cc3C3C(CCCCO)C(CCCCO)C=C(C(=NOCC)CC1N(Cc1cccc4ccccc14)C(=O)OCCCCCCCCCCCC)C32. The van der Waals surface area contributed by atoms with Crippen LogP contribution in [-0.4, -0.2) is 84.4 Å². The molecule has 6 unspecified atom stereocenters. The van der Waals surface area contributed by atoms with E-state index in [0.717, 1.165) is 91.7 Å². The van der Waals surface area contributed by atoms with Gasteiger partial charge in [0.05, 0.1) is 31.4 Å². The highest BCUT2D eigenvalue weighted by Gasteiger charge is 2.66. The average molecular weight is 1080 g/mol. The summed E-state index contributed by atoms with van der Waals surface area (Å²) in [6.07, 6.45) is 31.7. The number of benzene rings is 3. The zero-order chi connectivity index (χ0) is 55.2. The third-order valence-corrected chi connectivity index (χ3v) is 16.5. The molecule has 6 rings (SSSR count). The number of allylic oxidation sites excluding steroid dienone is 1. The number of rotatable bonds is 39. The lowest BCUT2D eigenvalue weighted by Crippen LogP contribution is -2.70. The summed E-state index contributed by atoms with van der Waals surface area (Å²) in [5.74, 6) is -1.26. The van der Waals surface area contributed by atoms with E-state index in [-0.39, 0.29) is 57.1 Å². The first-order valence-corrected chi connectivity index (χ1v) is 30.9. The van der Waals surface area contributed by atoms with Crippen molar-refractivity contribution >= 4 is 28.7 Å². The zero-order valence-corrected chi connectivity index (χ0v) is 48.2. The molecule has 6 atom stereocenters. The van der Waals surface area contributed by atoms with Crippen LogP contribution >= 0.6 is 0 Å². The van der Waals surface area contributed by atoms with Crippen molar-refractivity contribution in [3.05, 3.63) is 96.1 Å². The van der Waals surface area contributed by atoms with Gasteiger partial charge in [0.1, 0.15) is 24.1 Å². The van der Waals surface area contributed by atoms with E-state index in [9.17, 15) is 15.0 Å². The van der Waals surface area contributed by atoms with Crippen molar-refractivity contribution in [1.82, 2.24) is 10.2 Å². The molecular formula is C66H99N3O9. The van der Waals surface area contributed by atoms with Gasteiger partial charge in [-0.25, -0.2) is 9.59 Å². The van der Waals surface area contributed by atoms with Gasteiger partial charge in [-0.15, -0.1) is 6.58 Å². The van der Waals surface area contributed by atoms with Crippen molar-refractivity contribution in [2.24, 2.45) is 22.9 Å². The summed E-state index contributed by atoms with van der Waals surface area (Å²) in [6, 6.07) is 19.3. The Morgan fingerprint density at radius 1 is 0.769 bits per heavy atom. The molecule has 3 aliphatic rings. The highest BCUT2D eigenvalue weighted by atomic mass is 16.7. The van der Waals surface area contributed by atoms with Crippen LogP contribution in [0.5, 0.6) is 11.5 Å². The first-order valence-electron chi connectivity index (χ1n) is 30.9. The standard InChI is InChI=1S/C66H99N3O9/c1-5-9-11-13-15-17-19-21-23-29-42-67-64(72)77-54-40-41-60-58(48-54)62-56(39-28-31-44-71)52(35-27-30-43-70)47-57-59(68-76-8-4)49-61(66(78-60,63(57)62)75-45-7-3)69(50-53-37-33-36-51-34-25-26-38-55(51)53)65(73)74-46-32-24-22-20-18-16-14-12-10-6-2/h7,25-26,33-34,36-38,40-41,47-48,52,56,61-63,70-71H,3,5-6,8-24,27-32,35,39,42-46,49-50H2,1-2,4H3,(H,67,72). The fraction of sp³-hybridized carbons (Fsp3) is 0.652. The van der Waals surface area contributed by atoms with E-state index in [1.54, 1.807) is 12.1 Å². The van der Waals surface area contributed by atoms with Crippen LogP contribution < -0.4 is 14.8 Å². The molecule has 0 radical (unpaired) electrons. The monoisotopic (exact) mass is 1080 g/mol. The van der Waals surface area contributed by atoms with Crippen molar-refractivity contribution < 1.29 is 43.6 Å². The Labute approximate surface area is 469 Å². The molecule has 1 saturated carbocycles. The van der Waals surface area contributed by atoms with E-state index in [0.29, 0.717) is 43.2 Å². The molecule has 0 aromatic heterocycles.